The van der Waals surface area contributed by atoms with Gasteiger partial charge in [0.1, 0.15) is 25.0 Å². The third-order valence-electron chi connectivity index (χ3n) is 6.54. The predicted molar refractivity (Wildman–Crippen MR) is 150 cm³/mol. The standard InChI is InChI=1S/C31H30N2O5S/c1-21-5-9-23(10-6-21)29(30(34)32-19-22-7-12-25(36-2)13-8-22)33(20-26-4-3-17-39-26)31(35)24-11-14-27-28(18-24)38-16-15-37-27/h3-14,17-18,29H,15-16,19-20H2,1-2H3,(H,32,34)/t29-/m0/s1. The second kappa shape index (κ2) is 12.0. The Kier molecular flexibility index (Phi) is 8.13. The van der Waals surface area contributed by atoms with Gasteiger partial charge in [0.15, 0.2) is 11.5 Å². The minimum Gasteiger partial charge on any atom is -0.497 e. The van der Waals surface area contributed by atoms with Crippen LogP contribution in [0, 0.1) is 6.92 Å². The van der Waals surface area contributed by atoms with Crippen LogP contribution >= 0.6 is 11.3 Å². The lowest BCUT2D eigenvalue weighted by molar-refractivity contribution is -0.126. The van der Waals surface area contributed by atoms with Crippen LogP contribution in [0.4, 0.5) is 0 Å². The van der Waals surface area contributed by atoms with Gasteiger partial charge in [0, 0.05) is 17.0 Å². The van der Waals surface area contributed by atoms with Gasteiger partial charge >= 0.3 is 0 Å². The van der Waals surface area contributed by atoms with Crippen LogP contribution in [0.5, 0.6) is 17.2 Å². The summed E-state index contributed by atoms with van der Waals surface area (Å²) < 4.78 is 16.6. The molecule has 2 amide bonds. The van der Waals surface area contributed by atoms with Crippen LogP contribution in [0.3, 0.4) is 0 Å². The molecular weight excluding hydrogens is 512 g/mol. The van der Waals surface area contributed by atoms with E-state index in [9.17, 15) is 9.59 Å². The number of aryl methyl sites for hydroxylation is 1. The Morgan fingerprint density at radius 1 is 0.974 bits per heavy atom. The zero-order valence-electron chi connectivity index (χ0n) is 21.9. The molecule has 1 aromatic heterocycles. The highest BCUT2D eigenvalue weighted by Crippen LogP contribution is 2.33. The van der Waals surface area contributed by atoms with Gasteiger partial charge in [-0.15, -0.1) is 11.3 Å². The Labute approximate surface area is 231 Å². The predicted octanol–water partition coefficient (Wildman–Crippen LogP) is 5.54. The third kappa shape index (κ3) is 6.23. The number of rotatable bonds is 9. The molecule has 5 rings (SSSR count). The third-order valence-corrected chi connectivity index (χ3v) is 7.40. The van der Waals surface area contributed by atoms with Crippen molar-refractivity contribution in [3.63, 3.8) is 0 Å². The molecular formula is C31H30N2O5S. The fourth-order valence-corrected chi connectivity index (χ4v) is 5.15. The molecule has 1 aliphatic heterocycles. The Balaban J connectivity index is 1.49. The van der Waals surface area contributed by atoms with Crippen molar-refractivity contribution in [1.29, 1.82) is 0 Å². The van der Waals surface area contributed by atoms with Gasteiger partial charge in [0.2, 0.25) is 5.91 Å². The average molecular weight is 543 g/mol. The maximum Gasteiger partial charge on any atom is 0.255 e. The molecule has 4 aromatic rings. The number of hydrogen-bond donors (Lipinski definition) is 1. The van der Waals surface area contributed by atoms with Crippen LogP contribution in [-0.4, -0.2) is 37.0 Å². The molecule has 1 atom stereocenters. The van der Waals surface area contributed by atoms with Crippen LogP contribution in [0.2, 0.25) is 0 Å². The molecule has 7 nitrogen and oxygen atoms in total. The van der Waals surface area contributed by atoms with Crippen molar-refractivity contribution in [1.82, 2.24) is 10.2 Å². The first-order valence-electron chi connectivity index (χ1n) is 12.7. The number of ether oxygens (including phenoxy) is 3. The van der Waals surface area contributed by atoms with E-state index in [4.69, 9.17) is 14.2 Å². The quantitative estimate of drug-likeness (QED) is 0.301. The van der Waals surface area contributed by atoms with E-state index >= 15 is 0 Å². The fraction of sp³-hybridized carbons (Fsp3) is 0.226. The molecule has 1 N–H and O–H groups in total. The number of carbonyl (C=O) groups excluding carboxylic acids is 2. The Morgan fingerprint density at radius 3 is 2.41 bits per heavy atom. The molecule has 0 saturated heterocycles. The van der Waals surface area contributed by atoms with Gasteiger partial charge in [-0.25, -0.2) is 0 Å². The number of amides is 2. The number of benzene rings is 3. The summed E-state index contributed by atoms with van der Waals surface area (Å²) in [5, 5.41) is 5.02. The van der Waals surface area contributed by atoms with E-state index in [1.165, 1.54) is 0 Å². The average Bonchev–Trinajstić information content (AvgIpc) is 3.49. The lowest BCUT2D eigenvalue weighted by atomic mass is 10.0. The maximum absolute atomic E-state index is 14.1. The van der Waals surface area contributed by atoms with Crippen molar-refractivity contribution in [2.45, 2.75) is 26.1 Å². The van der Waals surface area contributed by atoms with Gasteiger partial charge in [-0.1, -0.05) is 48.0 Å². The van der Waals surface area contributed by atoms with Crippen LogP contribution < -0.4 is 19.5 Å². The zero-order valence-corrected chi connectivity index (χ0v) is 22.7. The number of nitrogens with zero attached hydrogens (tertiary/aromatic N) is 1. The monoisotopic (exact) mass is 542 g/mol. The van der Waals surface area contributed by atoms with Crippen molar-refractivity contribution < 1.29 is 23.8 Å². The molecule has 200 valence electrons. The minimum absolute atomic E-state index is 0.267. The summed E-state index contributed by atoms with van der Waals surface area (Å²) in [5.41, 5.74) is 3.15. The second-order valence-corrected chi connectivity index (χ2v) is 10.3. The highest BCUT2D eigenvalue weighted by Gasteiger charge is 2.33. The van der Waals surface area contributed by atoms with Crippen molar-refractivity contribution in [2.75, 3.05) is 20.3 Å². The van der Waals surface area contributed by atoms with Gasteiger partial charge < -0.3 is 24.4 Å². The summed E-state index contributed by atoms with van der Waals surface area (Å²) in [4.78, 5) is 30.6. The van der Waals surface area contributed by atoms with Crippen LogP contribution in [0.25, 0.3) is 0 Å². The van der Waals surface area contributed by atoms with E-state index in [0.717, 1.165) is 27.3 Å². The van der Waals surface area contributed by atoms with E-state index in [1.807, 2.05) is 73.0 Å². The highest BCUT2D eigenvalue weighted by molar-refractivity contribution is 7.09. The second-order valence-electron chi connectivity index (χ2n) is 9.25. The Hall–Kier alpha value is -4.30. The molecule has 1 aliphatic rings. The first-order valence-corrected chi connectivity index (χ1v) is 13.6. The van der Waals surface area contributed by atoms with Gasteiger partial charge in [-0.2, -0.15) is 0 Å². The molecule has 0 saturated carbocycles. The van der Waals surface area contributed by atoms with Gasteiger partial charge in [-0.3, -0.25) is 9.59 Å². The smallest absolute Gasteiger partial charge is 0.255 e. The first kappa shape index (κ1) is 26.3. The van der Waals surface area contributed by atoms with Crippen LogP contribution in [0.1, 0.15) is 38.0 Å². The number of thiophene rings is 1. The zero-order chi connectivity index (χ0) is 27.2. The Morgan fingerprint density at radius 2 is 1.72 bits per heavy atom. The number of hydrogen-bond acceptors (Lipinski definition) is 6. The van der Waals surface area contributed by atoms with E-state index in [2.05, 4.69) is 5.32 Å². The van der Waals surface area contributed by atoms with E-state index in [0.29, 0.717) is 36.8 Å². The molecule has 0 aliphatic carbocycles. The minimum atomic E-state index is -0.855. The van der Waals surface area contributed by atoms with Crippen molar-refractivity contribution in [3.8, 4) is 17.2 Å². The number of nitrogens with one attached hydrogen (secondary N) is 1. The summed E-state index contributed by atoms with van der Waals surface area (Å²) in [6, 6.07) is 23.5. The maximum atomic E-state index is 14.1. The topological polar surface area (TPSA) is 77.1 Å². The summed E-state index contributed by atoms with van der Waals surface area (Å²) in [7, 11) is 1.61. The van der Waals surface area contributed by atoms with E-state index in [1.54, 1.807) is 41.5 Å². The van der Waals surface area contributed by atoms with Crippen LogP contribution in [-0.2, 0) is 17.9 Å². The van der Waals surface area contributed by atoms with E-state index < -0.39 is 6.04 Å². The molecule has 0 radical (unpaired) electrons. The normalized spacial score (nSPS) is 12.9. The van der Waals surface area contributed by atoms with Gasteiger partial charge in [0.05, 0.1) is 13.7 Å². The summed E-state index contributed by atoms with van der Waals surface area (Å²) >= 11 is 1.55. The Bertz CT molecular complexity index is 1420. The molecule has 0 unspecified atom stereocenters. The summed E-state index contributed by atoms with van der Waals surface area (Å²) in [6.07, 6.45) is 0. The fourth-order valence-electron chi connectivity index (χ4n) is 4.44. The SMILES string of the molecule is COc1ccc(CNC(=O)[C@H](c2ccc(C)cc2)N(Cc2cccs2)C(=O)c2ccc3c(c2)OCCO3)cc1. The highest BCUT2D eigenvalue weighted by atomic mass is 32.1. The van der Waals surface area contributed by atoms with Crippen molar-refractivity contribution in [2.24, 2.45) is 0 Å². The first-order chi connectivity index (χ1) is 19.0. The van der Waals surface area contributed by atoms with Gasteiger partial charge in [0.25, 0.3) is 5.91 Å². The van der Waals surface area contributed by atoms with Gasteiger partial charge in [-0.05, 0) is 59.8 Å². The summed E-state index contributed by atoms with van der Waals surface area (Å²) in [5.74, 6) is 1.34. The molecule has 0 spiro atoms. The molecule has 0 fully saturated rings. The molecule has 0 bridgehead atoms. The molecule has 8 heteroatoms. The number of fused-ring (bicyclic) bond motifs is 1. The largest absolute Gasteiger partial charge is 0.497 e. The lowest BCUT2D eigenvalue weighted by Crippen LogP contribution is -2.43. The van der Waals surface area contributed by atoms with Crippen molar-refractivity contribution in [3.05, 3.63) is 111 Å². The summed E-state index contributed by atoms with van der Waals surface area (Å²) in [6.45, 7) is 3.47. The molecule has 2 heterocycles. The van der Waals surface area contributed by atoms with Crippen molar-refractivity contribution >= 4 is 23.2 Å². The molecule has 39 heavy (non-hydrogen) atoms. The lowest BCUT2D eigenvalue weighted by Gasteiger charge is -2.31. The number of methoxy groups -OCH3 is 1. The molecule has 3 aromatic carbocycles. The number of carbonyl (C=O) groups is 2. The van der Waals surface area contributed by atoms with Crippen LogP contribution in [0.15, 0.2) is 84.2 Å². The van der Waals surface area contributed by atoms with E-state index in [-0.39, 0.29) is 18.4 Å².